The summed E-state index contributed by atoms with van der Waals surface area (Å²) in [6.07, 6.45) is 5.38. The summed E-state index contributed by atoms with van der Waals surface area (Å²) >= 11 is 0. The second kappa shape index (κ2) is 5.35. The Labute approximate surface area is 55.3 Å². The third-order valence-corrected chi connectivity index (χ3v) is 0.784. The minimum atomic E-state index is -1.05. The lowest BCUT2D eigenvalue weighted by Gasteiger charge is -1.99. The predicted octanol–water partition coefficient (Wildman–Crippen LogP) is 1.98. The number of rotatable bonds is 3. The first-order chi connectivity index (χ1) is 4.31. The molecule has 1 nitrogen and oxygen atoms in total. The molecule has 52 valence electrons. The van der Waals surface area contributed by atoms with Gasteiger partial charge >= 0.3 is 0 Å². The summed E-state index contributed by atoms with van der Waals surface area (Å²) in [6, 6.07) is 0. The summed E-state index contributed by atoms with van der Waals surface area (Å²) < 4.78 is 12.3. The van der Waals surface area contributed by atoms with Gasteiger partial charge in [0.25, 0.3) is 0 Å². The van der Waals surface area contributed by atoms with Gasteiger partial charge in [-0.15, -0.1) is 0 Å². The Kier molecular flexibility index (Phi) is 4.88. The Balaban J connectivity index is 3.37. The molecule has 0 spiro atoms. The monoisotopic (exact) mass is 129 g/mol. The van der Waals surface area contributed by atoms with Crippen LogP contribution in [0, 0.1) is 0 Å². The van der Waals surface area contributed by atoms with Crippen LogP contribution in [-0.4, -0.2) is 6.30 Å². The van der Waals surface area contributed by atoms with Crippen molar-refractivity contribution < 1.29 is 4.39 Å². The minimum Gasteiger partial charge on any atom is -0.359 e. The van der Waals surface area contributed by atoms with Crippen molar-refractivity contribution in [3.05, 3.63) is 24.4 Å². The van der Waals surface area contributed by atoms with Gasteiger partial charge in [0.15, 0.2) is 6.30 Å². The maximum absolute atomic E-state index is 12.3. The van der Waals surface area contributed by atoms with Gasteiger partial charge in [0.2, 0.25) is 0 Å². The summed E-state index contributed by atoms with van der Waals surface area (Å²) in [6.45, 7) is 3.61. The molecular weight excluding hydrogens is 117 g/mol. The smallest absolute Gasteiger partial charge is 0.188 e. The molecule has 1 unspecified atom stereocenters. The molecule has 2 heteroatoms. The fraction of sp³-hybridized carbons (Fsp3) is 0.429. The third-order valence-electron chi connectivity index (χ3n) is 0.784. The van der Waals surface area contributed by atoms with Crippen LogP contribution in [0.5, 0.6) is 0 Å². The van der Waals surface area contributed by atoms with Crippen LogP contribution in [0.15, 0.2) is 24.4 Å². The number of alkyl halides is 1. The third kappa shape index (κ3) is 5.07. The fourth-order valence-corrected chi connectivity index (χ4v) is 0.413. The summed E-state index contributed by atoms with van der Waals surface area (Å²) in [4.78, 5) is 0. The van der Waals surface area contributed by atoms with E-state index >= 15 is 0 Å². The summed E-state index contributed by atoms with van der Waals surface area (Å²) in [5, 5.41) is 2.50. The Hall–Kier alpha value is -0.790. The second-order valence-corrected chi connectivity index (χ2v) is 1.59. The molecule has 0 fully saturated rings. The van der Waals surface area contributed by atoms with Crippen molar-refractivity contribution in [2.45, 2.75) is 20.1 Å². The van der Waals surface area contributed by atoms with Gasteiger partial charge in [0.05, 0.1) is 0 Å². The number of nitrogens with one attached hydrogen (secondary N) is 1. The van der Waals surface area contributed by atoms with Gasteiger partial charge < -0.3 is 5.32 Å². The Bertz CT molecular complexity index is 107. The topological polar surface area (TPSA) is 12.0 Å². The predicted molar refractivity (Wildman–Crippen MR) is 37.7 cm³/mol. The number of halogens is 1. The Morgan fingerprint density at radius 2 is 2.00 bits per heavy atom. The quantitative estimate of drug-likeness (QED) is 0.454. The molecule has 1 atom stereocenters. The zero-order valence-electron chi connectivity index (χ0n) is 5.76. The summed E-state index contributed by atoms with van der Waals surface area (Å²) in [5.41, 5.74) is 0. The van der Waals surface area contributed by atoms with Crippen LogP contribution in [-0.2, 0) is 0 Å². The van der Waals surface area contributed by atoms with Gasteiger partial charge in [-0.25, -0.2) is 4.39 Å². The number of hydrogen-bond acceptors (Lipinski definition) is 1. The van der Waals surface area contributed by atoms with Crippen LogP contribution < -0.4 is 5.32 Å². The molecule has 0 aliphatic carbocycles. The van der Waals surface area contributed by atoms with Crippen molar-refractivity contribution in [2.24, 2.45) is 0 Å². The van der Waals surface area contributed by atoms with Gasteiger partial charge in [-0.3, -0.25) is 0 Å². The molecule has 0 saturated carbocycles. The largest absolute Gasteiger partial charge is 0.359 e. The highest BCUT2D eigenvalue weighted by Gasteiger charge is 1.91. The summed E-state index contributed by atoms with van der Waals surface area (Å²) in [7, 11) is 0. The lowest BCUT2D eigenvalue weighted by atomic mass is 10.5. The number of allylic oxidation sites excluding steroid dienone is 2. The van der Waals surface area contributed by atoms with Crippen molar-refractivity contribution in [3.63, 3.8) is 0 Å². The molecular formula is C7H12FN. The van der Waals surface area contributed by atoms with Crippen LogP contribution in [0.2, 0.25) is 0 Å². The molecule has 0 aromatic carbocycles. The lowest BCUT2D eigenvalue weighted by molar-refractivity contribution is 0.367. The first-order valence-electron chi connectivity index (χ1n) is 2.95. The van der Waals surface area contributed by atoms with Crippen LogP contribution in [0.3, 0.4) is 0 Å². The van der Waals surface area contributed by atoms with Crippen LogP contribution in [0.1, 0.15) is 13.8 Å². The zero-order valence-corrected chi connectivity index (χ0v) is 5.76. The van der Waals surface area contributed by atoms with Gasteiger partial charge in [-0.1, -0.05) is 12.2 Å². The first-order valence-corrected chi connectivity index (χ1v) is 2.95. The molecule has 0 bridgehead atoms. The maximum atomic E-state index is 12.3. The molecule has 9 heavy (non-hydrogen) atoms. The van der Waals surface area contributed by atoms with Gasteiger partial charge in [0.1, 0.15) is 0 Å². The van der Waals surface area contributed by atoms with E-state index in [0.717, 1.165) is 0 Å². The average molecular weight is 129 g/mol. The molecule has 0 aromatic heterocycles. The molecule has 0 aliphatic rings. The highest BCUT2D eigenvalue weighted by Crippen LogP contribution is 1.86. The van der Waals surface area contributed by atoms with E-state index in [1.54, 1.807) is 25.3 Å². The van der Waals surface area contributed by atoms with Crippen LogP contribution >= 0.6 is 0 Å². The highest BCUT2D eigenvalue weighted by molar-refractivity contribution is 4.88. The highest BCUT2D eigenvalue weighted by atomic mass is 19.1. The van der Waals surface area contributed by atoms with Crippen molar-refractivity contribution in [1.29, 1.82) is 0 Å². The normalized spacial score (nSPS) is 15.0. The van der Waals surface area contributed by atoms with E-state index in [1.807, 2.05) is 6.92 Å². The fourth-order valence-electron chi connectivity index (χ4n) is 0.413. The van der Waals surface area contributed by atoms with Crippen LogP contribution in [0.4, 0.5) is 4.39 Å². The average Bonchev–Trinajstić information content (AvgIpc) is 1.85. The molecule has 0 aliphatic heterocycles. The maximum Gasteiger partial charge on any atom is 0.188 e. The minimum absolute atomic E-state index is 1.05. The molecule has 0 saturated heterocycles. The standard InChI is InChI=1S/C7H12FN/c1-3-5-7(8)9-6-4-2/h3-7,9H,1-2H3/b5-3+,6-4-. The van der Waals surface area contributed by atoms with Gasteiger partial charge in [0, 0.05) is 0 Å². The molecule has 0 heterocycles. The van der Waals surface area contributed by atoms with E-state index < -0.39 is 6.30 Å². The number of hydrogen-bond donors (Lipinski definition) is 1. The van der Waals surface area contributed by atoms with Gasteiger partial charge in [-0.05, 0) is 26.1 Å². The Morgan fingerprint density at radius 1 is 1.33 bits per heavy atom. The molecule has 1 N–H and O–H groups in total. The van der Waals surface area contributed by atoms with Crippen molar-refractivity contribution >= 4 is 0 Å². The van der Waals surface area contributed by atoms with Crippen molar-refractivity contribution in [2.75, 3.05) is 0 Å². The summed E-state index contributed by atoms with van der Waals surface area (Å²) in [5.74, 6) is 0. The van der Waals surface area contributed by atoms with E-state index in [9.17, 15) is 4.39 Å². The first kappa shape index (κ1) is 8.21. The van der Waals surface area contributed by atoms with E-state index in [1.165, 1.54) is 6.08 Å². The SMILES string of the molecule is C/C=C\NC(F)/C=C/C. The van der Waals surface area contributed by atoms with Gasteiger partial charge in [-0.2, -0.15) is 0 Å². The Morgan fingerprint density at radius 3 is 2.44 bits per heavy atom. The zero-order chi connectivity index (χ0) is 7.11. The van der Waals surface area contributed by atoms with Crippen molar-refractivity contribution in [3.8, 4) is 0 Å². The van der Waals surface area contributed by atoms with E-state index in [0.29, 0.717) is 0 Å². The van der Waals surface area contributed by atoms with Crippen LogP contribution in [0.25, 0.3) is 0 Å². The lowest BCUT2D eigenvalue weighted by Crippen LogP contribution is -2.14. The molecule has 0 rings (SSSR count). The van der Waals surface area contributed by atoms with E-state index in [4.69, 9.17) is 0 Å². The molecule has 0 radical (unpaired) electrons. The van der Waals surface area contributed by atoms with E-state index in [-0.39, 0.29) is 0 Å². The van der Waals surface area contributed by atoms with E-state index in [2.05, 4.69) is 5.32 Å². The molecule has 0 amide bonds. The molecule has 0 aromatic rings. The van der Waals surface area contributed by atoms with Crippen molar-refractivity contribution in [1.82, 2.24) is 5.32 Å². The second-order valence-electron chi connectivity index (χ2n) is 1.59.